The second-order valence-corrected chi connectivity index (χ2v) is 11.6. The van der Waals surface area contributed by atoms with Gasteiger partial charge in [-0.25, -0.2) is 0 Å². The maximum absolute atomic E-state index is 6.52. The molecule has 0 aliphatic heterocycles. The summed E-state index contributed by atoms with van der Waals surface area (Å²) in [7, 11) is 0. The topological polar surface area (TPSA) is 26.3 Å². The van der Waals surface area contributed by atoms with E-state index >= 15 is 0 Å². The predicted octanol–water partition coefficient (Wildman–Crippen LogP) is 12.3. The van der Waals surface area contributed by atoms with Crippen molar-refractivity contribution in [3.05, 3.63) is 146 Å². The molecular formula is C42H24O2. The first kappa shape index (κ1) is 23.7. The van der Waals surface area contributed by atoms with Crippen LogP contribution in [0.1, 0.15) is 0 Å². The fraction of sp³-hybridized carbons (Fsp3) is 0. The Morgan fingerprint density at radius 1 is 0.318 bits per heavy atom. The molecule has 0 atom stereocenters. The summed E-state index contributed by atoms with van der Waals surface area (Å²) >= 11 is 0. The van der Waals surface area contributed by atoms with Crippen molar-refractivity contribution >= 4 is 76.2 Å². The van der Waals surface area contributed by atoms with E-state index in [0.29, 0.717) is 0 Å². The number of furan rings is 2. The third-order valence-electron chi connectivity index (χ3n) is 9.24. The van der Waals surface area contributed by atoms with Gasteiger partial charge in [-0.3, -0.25) is 0 Å². The number of rotatable bonds is 2. The van der Waals surface area contributed by atoms with Crippen LogP contribution in [-0.2, 0) is 0 Å². The van der Waals surface area contributed by atoms with Crippen molar-refractivity contribution in [2.24, 2.45) is 0 Å². The minimum Gasteiger partial charge on any atom is -0.456 e. The Morgan fingerprint density at radius 2 is 0.886 bits per heavy atom. The smallest absolute Gasteiger partial charge is 0.147 e. The van der Waals surface area contributed by atoms with Crippen molar-refractivity contribution in [2.75, 3.05) is 0 Å². The largest absolute Gasteiger partial charge is 0.456 e. The van der Waals surface area contributed by atoms with E-state index in [-0.39, 0.29) is 0 Å². The standard InChI is InChI=1S/C42H24O2/c1-2-10-26-23-27(18-17-25(26)9-1)39-30-12-3-5-14-32(30)40(33-15-6-4-13-31(33)39)28-19-20-35-38(24-28)43-37-22-21-34-29-11-7-8-16-36(29)44-42(34)41(35)37/h1-24H. The van der Waals surface area contributed by atoms with Crippen LogP contribution in [0.4, 0.5) is 0 Å². The molecule has 0 unspecified atom stereocenters. The lowest BCUT2D eigenvalue weighted by molar-refractivity contribution is 0.663. The van der Waals surface area contributed by atoms with Gasteiger partial charge in [-0.2, -0.15) is 0 Å². The van der Waals surface area contributed by atoms with E-state index in [9.17, 15) is 0 Å². The van der Waals surface area contributed by atoms with Crippen LogP contribution in [0.5, 0.6) is 0 Å². The molecule has 2 heterocycles. The van der Waals surface area contributed by atoms with Crippen LogP contribution < -0.4 is 0 Å². The Morgan fingerprint density at radius 3 is 1.61 bits per heavy atom. The molecule has 0 fully saturated rings. The molecule has 44 heavy (non-hydrogen) atoms. The van der Waals surface area contributed by atoms with E-state index in [2.05, 4.69) is 133 Å². The number of fused-ring (bicyclic) bond motifs is 10. The fourth-order valence-corrected chi connectivity index (χ4v) is 7.29. The number of hydrogen-bond donors (Lipinski definition) is 0. The second-order valence-electron chi connectivity index (χ2n) is 11.6. The Labute approximate surface area is 252 Å². The average molecular weight is 561 g/mol. The average Bonchev–Trinajstić information content (AvgIpc) is 3.64. The quantitative estimate of drug-likeness (QED) is 0.197. The van der Waals surface area contributed by atoms with Crippen LogP contribution in [0.3, 0.4) is 0 Å². The number of para-hydroxylation sites is 1. The highest BCUT2D eigenvalue weighted by Crippen LogP contribution is 2.46. The molecule has 0 aliphatic rings. The van der Waals surface area contributed by atoms with Crippen LogP contribution in [0.15, 0.2) is 154 Å². The number of benzene rings is 8. The van der Waals surface area contributed by atoms with Crippen LogP contribution >= 0.6 is 0 Å². The maximum atomic E-state index is 6.52. The van der Waals surface area contributed by atoms with Gasteiger partial charge in [0, 0.05) is 16.2 Å². The Bertz CT molecular complexity index is 2720. The summed E-state index contributed by atoms with van der Waals surface area (Å²) in [5.41, 5.74) is 8.32. The van der Waals surface area contributed by atoms with Gasteiger partial charge in [0.1, 0.15) is 22.3 Å². The molecule has 8 aromatic carbocycles. The molecule has 0 amide bonds. The zero-order valence-electron chi connectivity index (χ0n) is 23.7. The molecule has 10 aromatic rings. The van der Waals surface area contributed by atoms with Crippen molar-refractivity contribution in [1.82, 2.24) is 0 Å². The highest BCUT2D eigenvalue weighted by Gasteiger charge is 2.20. The minimum atomic E-state index is 0.838. The molecular weight excluding hydrogens is 536 g/mol. The van der Waals surface area contributed by atoms with E-state index < -0.39 is 0 Å². The first-order valence-electron chi connectivity index (χ1n) is 15.0. The van der Waals surface area contributed by atoms with Crippen LogP contribution in [0, 0.1) is 0 Å². The zero-order chi connectivity index (χ0) is 28.8. The highest BCUT2D eigenvalue weighted by atomic mass is 16.3. The molecule has 0 spiro atoms. The van der Waals surface area contributed by atoms with Gasteiger partial charge in [-0.1, -0.05) is 109 Å². The molecule has 0 radical (unpaired) electrons. The molecule has 0 N–H and O–H groups in total. The fourth-order valence-electron chi connectivity index (χ4n) is 7.29. The third kappa shape index (κ3) is 3.25. The van der Waals surface area contributed by atoms with Crippen LogP contribution in [-0.4, -0.2) is 0 Å². The summed E-state index contributed by atoms with van der Waals surface area (Å²) in [6.07, 6.45) is 0. The summed E-state index contributed by atoms with van der Waals surface area (Å²) in [5.74, 6) is 0. The van der Waals surface area contributed by atoms with Gasteiger partial charge < -0.3 is 8.83 Å². The normalized spacial score (nSPS) is 12.1. The summed E-state index contributed by atoms with van der Waals surface area (Å²) in [5, 5.41) is 11.8. The summed E-state index contributed by atoms with van der Waals surface area (Å²) in [6, 6.07) is 52.0. The zero-order valence-corrected chi connectivity index (χ0v) is 23.7. The van der Waals surface area contributed by atoms with Gasteiger partial charge in [0.05, 0.1) is 5.39 Å². The van der Waals surface area contributed by atoms with Crippen molar-refractivity contribution in [2.45, 2.75) is 0 Å². The molecule has 204 valence electrons. The highest BCUT2D eigenvalue weighted by molar-refractivity contribution is 6.24. The van der Waals surface area contributed by atoms with Crippen molar-refractivity contribution in [1.29, 1.82) is 0 Å². The van der Waals surface area contributed by atoms with E-state index in [0.717, 1.165) is 49.4 Å². The second kappa shape index (κ2) is 8.82. The summed E-state index contributed by atoms with van der Waals surface area (Å²) in [4.78, 5) is 0. The summed E-state index contributed by atoms with van der Waals surface area (Å²) < 4.78 is 12.9. The Hall–Kier alpha value is -5.86. The molecule has 2 heteroatoms. The van der Waals surface area contributed by atoms with E-state index in [1.165, 1.54) is 49.0 Å². The van der Waals surface area contributed by atoms with Gasteiger partial charge in [0.2, 0.25) is 0 Å². The van der Waals surface area contributed by atoms with Gasteiger partial charge in [0.25, 0.3) is 0 Å². The Balaban J connectivity index is 1.26. The van der Waals surface area contributed by atoms with Crippen molar-refractivity contribution in [3.63, 3.8) is 0 Å². The van der Waals surface area contributed by atoms with E-state index in [4.69, 9.17) is 8.83 Å². The molecule has 10 rings (SSSR count). The van der Waals surface area contributed by atoms with Crippen LogP contribution in [0.25, 0.3) is 98.4 Å². The molecule has 0 saturated carbocycles. The predicted molar refractivity (Wildman–Crippen MR) is 184 cm³/mol. The lowest BCUT2D eigenvalue weighted by Crippen LogP contribution is -1.91. The molecule has 2 nitrogen and oxygen atoms in total. The van der Waals surface area contributed by atoms with Crippen molar-refractivity contribution < 1.29 is 8.83 Å². The maximum Gasteiger partial charge on any atom is 0.147 e. The minimum absolute atomic E-state index is 0.838. The van der Waals surface area contributed by atoms with E-state index in [1.54, 1.807) is 0 Å². The third-order valence-corrected chi connectivity index (χ3v) is 9.24. The van der Waals surface area contributed by atoms with Gasteiger partial charge in [-0.15, -0.1) is 0 Å². The first-order valence-corrected chi connectivity index (χ1v) is 15.0. The van der Waals surface area contributed by atoms with Gasteiger partial charge in [-0.05, 0) is 91.0 Å². The monoisotopic (exact) mass is 560 g/mol. The SMILES string of the molecule is c1ccc2cc(-c3c4ccccc4c(-c4ccc5c(c4)oc4ccc6c7ccccc7oc6c45)c4ccccc34)ccc2c1. The number of hydrogen-bond acceptors (Lipinski definition) is 2. The first-order chi connectivity index (χ1) is 21.8. The van der Waals surface area contributed by atoms with Gasteiger partial charge >= 0.3 is 0 Å². The molecule has 0 aliphatic carbocycles. The van der Waals surface area contributed by atoms with Crippen LogP contribution in [0.2, 0.25) is 0 Å². The van der Waals surface area contributed by atoms with Gasteiger partial charge in [0.15, 0.2) is 0 Å². The molecule has 0 saturated heterocycles. The molecule has 0 bridgehead atoms. The summed E-state index contributed by atoms with van der Waals surface area (Å²) in [6.45, 7) is 0. The molecule has 2 aromatic heterocycles. The Kier molecular flexibility index (Phi) is 4.75. The lowest BCUT2D eigenvalue weighted by atomic mass is 9.85. The lowest BCUT2D eigenvalue weighted by Gasteiger charge is -2.18. The van der Waals surface area contributed by atoms with E-state index in [1.807, 2.05) is 12.1 Å². The van der Waals surface area contributed by atoms with Crippen molar-refractivity contribution in [3.8, 4) is 22.3 Å².